The van der Waals surface area contributed by atoms with Crippen molar-refractivity contribution in [1.29, 1.82) is 0 Å². The molecule has 0 unspecified atom stereocenters. The normalized spacial score (nSPS) is 10.8. The highest BCUT2D eigenvalue weighted by atomic mass is 16.6. The molecule has 6 nitrogen and oxygen atoms in total. The molecule has 0 aliphatic rings. The van der Waals surface area contributed by atoms with Crippen molar-refractivity contribution in [3.63, 3.8) is 0 Å². The predicted molar refractivity (Wildman–Crippen MR) is 79.7 cm³/mol. The van der Waals surface area contributed by atoms with Gasteiger partial charge in [0.25, 0.3) is 5.69 Å². The lowest BCUT2D eigenvalue weighted by atomic mass is 10.1. The van der Waals surface area contributed by atoms with Crippen molar-refractivity contribution in [2.24, 2.45) is 4.99 Å². The van der Waals surface area contributed by atoms with Gasteiger partial charge in [0.2, 0.25) is 0 Å². The first-order chi connectivity index (χ1) is 10.0. The number of aliphatic imine (C=N–C) groups is 1. The van der Waals surface area contributed by atoms with Crippen LogP contribution in [0.1, 0.15) is 11.1 Å². The van der Waals surface area contributed by atoms with Crippen LogP contribution in [0.15, 0.2) is 41.4 Å². The van der Waals surface area contributed by atoms with E-state index in [-0.39, 0.29) is 22.7 Å². The fraction of sp³-hybridized carbons (Fsp3) is 0.133. The Morgan fingerprint density at radius 1 is 1.33 bits per heavy atom. The lowest BCUT2D eigenvalue weighted by molar-refractivity contribution is -0.385. The molecule has 0 fully saturated rings. The Morgan fingerprint density at radius 2 is 2.10 bits per heavy atom. The van der Waals surface area contributed by atoms with Crippen LogP contribution in [-0.2, 0) is 0 Å². The Morgan fingerprint density at radius 3 is 2.71 bits per heavy atom. The summed E-state index contributed by atoms with van der Waals surface area (Å²) in [5.74, 6) is -0.144. The Bertz CT molecular complexity index is 711. The van der Waals surface area contributed by atoms with Gasteiger partial charge < -0.3 is 9.84 Å². The first-order valence-electron chi connectivity index (χ1n) is 6.17. The number of aromatic hydroxyl groups is 1. The quantitative estimate of drug-likeness (QED) is 0.530. The largest absolute Gasteiger partial charge is 0.504 e. The van der Waals surface area contributed by atoms with E-state index in [1.54, 1.807) is 6.07 Å². The highest BCUT2D eigenvalue weighted by molar-refractivity contribution is 5.88. The van der Waals surface area contributed by atoms with Crippen LogP contribution in [0.2, 0.25) is 0 Å². The minimum atomic E-state index is -0.550. The smallest absolute Gasteiger partial charge is 0.274 e. The molecule has 108 valence electrons. The van der Waals surface area contributed by atoms with E-state index in [9.17, 15) is 15.2 Å². The highest BCUT2D eigenvalue weighted by Gasteiger charge is 2.15. The zero-order chi connectivity index (χ0) is 15.4. The van der Waals surface area contributed by atoms with Crippen LogP contribution in [0, 0.1) is 17.0 Å². The number of nitro benzene ring substituents is 1. The number of hydrogen-bond acceptors (Lipinski definition) is 5. The average Bonchev–Trinajstić information content (AvgIpc) is 2.46. The number of non-ortho nitro benzene ring substituents is 1. The zero-order valence-electron chi connectivity index (χ0n) is 11.6. The number of rotatable bonds is 4. The van der Waals surface area contributed by atoms with Gasteiger partial charge in [0.1, 0.15) is 0 Å². The van der Waals surface area contributed by atoms with Gasteiger partial charge in [0.05, 0.1) is 23.8 Å². The standard InChI is InChI=1S/C15H14N2O4/c1-10-4-3-5-12(6-10)16-9-11-7-13(17(19)20)8-14(21-2)15(11)18/h3-9,18H,1-2H3. The van der Waals surface area contributed by atoms with E-state index in [1.807, 2.05) is 25.1 Å². The number of phenolic OH excluding ortho intramolecular Hbond substituents is 1. The summed E-state index contributed by atoms with van der Waals surface area (Å²) in [6, 6.07) is 9.87. The van der Waals surface area contributed by atoms with Crippen LogP contribution in [-0.4, -0.2) is 23.4 Å². The highest BCUT2D eigenvalue weighted by Crippen LogP contribution is 2.33. The van der Waals surface area contributed by atoms with Crippen LogP contribution in [0.5, 0.6) is 11.5 Å². The second kappa shape index (κ2) is 6.04. The van der Waals surface area contributed by atoms with Crippen molar-refractivity contribution in [3.8, 4) is 11.5 Å². The Hall–Kier alpha value is -2.89. The monoisotopic (exact) mass is 286 g/mol. The Kier molecular flexibility index (Phi) is 4.18. The van der Waals surface area contributed by atoms with Gasteiger partial charge in [-0.1, -0.05) is 12.1 Å². The molecule has 0 bridgehead atoms. The van der Waals surface area contributed by atoms with E-state index < -0.39 is 4.92 Å². The molecule has 0 spiro atoms. The number of phenols is 1. The molecule has 6 heteroatoms. The zero-order valence-corrected chi connectivity index (χ0v) is 11.6. The van der Waals surface area contributed by atoms with Crippen LogP contribution in [0.3, 0.4) is 0 Å². The van der Waals surface area contributed by atoms with E-state index in [0.717, 1.165) is 5.56 Å². The van der Waals surface area contributed by atoms with Crippen molar-refractivity contribution in [1.82, 2.24) is 0 Å². The van der Waals surface area contributed by atoms with Gasteiger partial charge in [-0.15, -0.1) is 0 Å². The maximum absolute atomic E-state index is 10.9. The number of ether oxygens (including phenoxy) is 1. The molecule has 2 aromatic rings. The number of nitrogens with zero attached hydrogens (tertiary/aromatic N) is 2. The number of aryl methyl sites for hydroxylation is 1. The SMILES string of the molecule is COc1cc([N+](=O)[O-])cc(C=Nc2cccc(C)c2)c1O. The maximum atomic E-state index is 10.9. The molecular formula is C15H14N2O4. The number of hydrogen-bond donors (Lipinski definition) is 1. The average molecular weight is 286 g/mol. The molecule has 1 N–H and O–H groups in total. The van der Waals surface area contributed by atoms with Crippen molar-refractivity contribution in [2.45, 2.75) is 6.92 Å². The summed E-state index contributed by atoms with van der Waals surface area (Å²) < 4.78 is 4.93. The van der Waals surface area contributed by atoms with E-state index in [2.05, 4.69) is 4.99 Å². The molecule has 0 radical (unpaired) electrons. The summed E-state index contributed by atoms with van der Waals surface area (Å²) in [5.41, 5.74) is 1.79. The van der Waals surface area contributed by atoms with Gasteiger partial charge in [-0.3, -0.25) is 15.1 Å². The minimum Gasteiger partial charge on any atom is -0.504 e. The second-order valence-corrected chi connectivity index (χ2v) is 4.44. The summed E-state index contributed by atoms with van der Waals surface area (Å²) in [4.78, 5) is 14.5. The fourth-order valence-electron chi connectivity index (χ4n) is 1.83. The molecule has 0 aliphatic carbocycles. The maximum Gasteiger partial charge on any atom is 0.274 e. The predicted octanol–water partition coefficient (Wildman–Crippen LogP) is 3.37. The molecule has 2 aromatic carbocycles. The van der Waals surface area contributed by atoms with Crippen molar-refractivity contribution < 1.29 is 14.8 Å². The first kappa shape index (κ1) is 14.5. The molecule has 0 saturated heterocycles. The fourth-order valence-corrected chi connectivity index (χ4v) is 1.83. The molecule has 0 atom stereocenters. The number of benzene rings is 2. The van der Waals surface area contributed by atoms with Crippen molar-refractivity contribution >= 4 is 17.6 Å². The molecule has 0 aromatic heterocycles. The Balaban J connectivity index is 2.43. The van der Waals surface area contributed by atoms with E-state index in [4.69, 9.17) is 4.74 Å². The second-order valence-electron chi connectivity index (χ2n) is 4.44. The van der Waals surface area contributed by atoms with Crippen LogP contribution in [0.25, 0.3) is 0 Å². The molecule has 0 amide bonds. The number of methoxy groups -OCH3 is 1. The summed E-state index contributed by atoms with van der Waals surface area (Å²) in [6.07, 6.45) is 1.37. The summed E-state index contributed by atoms with van der Waals surface area (Å²) >= 11 is 0. The number of nitro groups is 1. The summed E-state index contributed by atoms with van der Waals surface area (Å²) in [6.45, 7) is 1.94. The topological polar surface area (TPSA) is 85.0 Å². The van der Waals surface area contributed by atoms with Crippen LogP contribution >= 0.6 is 0 Å². The minimum absolute atomic E-state index is 0.0369. The van der Waals surface area contributed by atoms with Crippen molar-refractivity contribution in [2.75, 3.05) is 7.11 Å². The molecule has 0 saturated carbocycles. The molecule has 0 heterocycles. The Labute approximate surface area is 121 Å². The molecule has 2 rings (SSSR count). The van der Waals surface area contributed by atoms with Gasteiger partial charge in [-0.2, -0.15) is 0 Å². The summed E-state index contributed by atoms with van der Waals surface area (Å²) in [5, 5.41) is 20.9. The third-order valence-electron chi connectivity index (χ3n) is 2.87. The van der Waals surface area contributed by atoms with Gasteiger partial charge in [0.15, 0.2) is 11.5 Å². The van der Waals surface area contributed by atoms with E-state index in [0.29, 0.717) is 5.69 Å². The van der Waals surface area contributed by atoms with E-state index in [1.165, 1.54) is 25.5 Å². The molecular weight excluding hydrogens is 272 g/mol. The van der Waals surface area contributed by atoms with E-state index >= 15 is 0 Å². The molecule has 0 aliphatic heterocycles. The van der Waals surface area contributed by atoms with Crippen LogP contribution < -0.4 is 4.74 Å². The third kappa shape index (κ3) is 3.36. The molecule has 21 heavy (non-hydrogen) atoms. The van der Waals surface area contributed by atoms with Gasteiger partial charge in [0, 0.05) is 17.8 Å². The lowest BCUT2D eigenvalue weighted by Gasteiger charge is -2.06. The third-order valence-corrected chi connectivity index (χ3v) is 2.87. The van der Waals surface area contributed by atoms with Crippen molar-refractivity contribution in [3.05, 3.63) is 57.6 Å². The van der Waals surface area contributed by atoms with Gasteiger partial charge in [-0.05, 0) is 24.6 Å². The lowest BCUT2D eigenvalue weighted by Crippen LogP contribution is -1.94. The first-order valence-corrected chi connectivity index (χ1v) is 6.17. The van der Waals surface area contributed by atoms with Gasteiger partial charge in [-0.25, -0.2) is 0 Å². The van der Waals surface area contributed by atoms with Gasteiger partial charge >= 0.3 is 0 Å². The van der Waals surface area contributed by atoms with Crippen LogP contribution in [0.4, 0.5) is 11.4 Å². The summed E-state index contributed by atoms with van der Waals surface area (Å²) in [7, 11) is 1.33.